The fourth-order valence-electron chi connectivity index (χ4n) is 5.56. The van der Waals surface area contributed by atoms with Gasteiger partial charge < -0.3 is 10.5 Å². The summed E-state index contributed by atoms with van der Waals surface area (Å²) in [4.78, 5) is 14.6. The van der Waals surface area contributed by atoms with Crippen molar-refractivity contribution in [2.75, 3.05) is 7.11 Å². The number of aliphatic imine (C=N–C) groups is 2. The summed E-state index contributed by atoms with van der Waals surface area (Å²) in [6.07, 6.45) is 9.34. The van der Waals surface area contributed by atoms with Gasteiger partial charge in [-0.25, -0.2) is 4.99 Å². The standard InChI is InChI=1S/C24H28N4O/c1-15-10-19(14-26-13-15)17-4-5-18-12-23(8-6-20(29-3)7-9-23)24(21(18)11-17)27-16(2)22(25)28-24/h4-5,10-11,13-14,20H,6-9,12H2,1-3H3,(H2,25,28)/t20?,23?,24-/m1/s1. The molecule has 2 spiro atoms. The van der Waals surface area contributed by atoms with Crippen LogP contribution < -0.4 is 5.73 Å². The highest BCUT2D eigenvalue weighted by Gasteiger charge is 2.60. The molecule has 0 unspecified atom stereocenters. The first-order valence-electron chi connectivity index (χ1n) is 10.5. The van der Waals surface area contributed by atoms with E-state index in [1.807, 2.05) is 26.4 Å². The number of methoxy groups -OCH3 is 1. The van der Waals surface area contributed by atoms with Gasteiger partial charge in [0.1, 0.15) is 5.84 Å². The molecule has 5 nitrogen and oxygen atoms in total. The third kappa shape index (κ3) is 2.67. The quantitative estimate of drug-likeness (QED) is 0.839. The SMILES string of the molecule is COC1CCC2(CC1)Cc1ccc(-c3cncc(C)c3)cc1[C@]21N=C(C)C(N)=N1. The lowest BCUT2D eigenvalue weighted by Crippen LogP contribution is -2.43. The van der Waals surface area contributed by atoms with Crippen molar-refractivity contribution >= 4 is 11.5 Å². The number of rotatable bonds is 2. The molecular formula is C24H28N4O. The number of amidine groups is 1. The van der Waals surface area contributed by atoms with Gasteiger partial charge in [0.25, 0.3) is 0 Å². The van der Waals surface area contributed by atoms with Gasteiger partial charge in [-0.2, -0.15) is 0 Å². The summed E-state index contributed by atoms with van der Waals surface area (Å²) in [6, 6.07) is 8.93. The molecule has 0 radical (unpaired) electrons. The minimum Gasteiger partial charge on any atom is -0.382 e. The molecule has 2 N–H and O–H groups in total. The molecule has 5 heteroatoms. The molecular weight excluding hydrogens is 360 g/mol. The number of nitrogens with zero attached hydrogens (tertiary/aromatic N) is 3. The van der Waals surface area contributed by atoms with Crippen molar-refractivity contribution in [2.24, 2.45) is 21.1 Å². The van der Waals surface area contributed by atoms with E-state index < -0.39 is 5.66 Å². The molecule has 29 heavy (non-hydrogen) atoms. The van der Waals surface area contributed by atoms with Gasteiger partial charge in [0, 0.05) is 36.0 Å². The zero-order valence-corrected chi connectivity index (χ0v) is 17.4. The number of aromatic nitrogens is 1. The zero-order chi connectivity index (χ0) is 20.2. The van der Waals surface area contributed by atoms with Crippen LogP contribution in [0.2, 0.25) is 0 Å². The fourth-order valence-corrected chi connectivity index (χ4v) is 5.56. The average molecular weight is 389 g/mol. The molecule has 2 heterocycles. The predicted molar refractivity (Wildman–Crippen MR) is 116 cm³/mol. The third-order valence-corrected chi connectivity index (χ3v) is 7.17. The van der Waals surface area contributed by atoms with E-state index in [1.165, 1.54) is 11.1 Å². The molecule has 1 atom stereocenters. The molecule has 2 aromatic rings. The Morgan fingerprint density at radius 2 is 1.83 bits per heavy atom. The number of hydrogen-bond donors (Lipinski definition) is 1. The maximum Gasteiger partial charge on any atom is 0.184 e. The molecule has 0 amide bonds. The van der Waals surface area contributed by atoms with Gasteiger partial charge in [-0.3, -0.25) is 9.98 Å². The summed E-state index contributed by atoms with van der Waals surface area (Å²) >= 11 is 0. The maximum absolute atomic E-state index is 6.29. The fraction of sp³-hybridized carbons (Fsp3) is 0.458. The highest BCUT2D eigenvalue weighted by molar-refractivity contribution is 6.41. The Hall–Kier alpha value is -2.53. The Labute approximate surface area is 172 Å². The smallest absolute Gasteiger partial charge is 0.184 e. The van der Waals surface area contributed by atoms with Crippen LogP contribution in [-0.4, -0.2) is 29.7 Å². The molecule has 1 aliphatic heterocycles. The normalized spacial score (nSPS) is 30.5. The molecule has 1 aromatic heterocycles. The highest BCUT2D eigenvalue weighted by atomic mass is 16.5. The molecule has 0 bridgehead atoms. The summed E-state index contributed by atoms with van der Waals surface area (Å²) in [5.41, 5.74) is 12.5. The van der Waals surface area contributed by atoms with Crippen LogP contribution >= 0.6 is 0 Å². The van der Waals surface area contributed by atoms with Crippen molar-refractivity contribution in [1.29, 1.82) is 0 Å². The first kappa shape index (κ1) is 18.5. The molecule has 2 aliphatic carbocycles. The van der Waals surface area contributed by atoms with Crippen LogP contribution in [0.3, 0.4) is 0 Å². The summed E-state index contributed by atoms with van der Waals surface area (Å²) in [7, 11) is 1.82. The summed E-state index contributed by atoms with van der Waals surface area (Å²) in [6.45, 7) is 4.05. The van der Waals surface area contributed by atoms with Gasteiger partial charge in [0.15, 0.2) is 5.66 Å². The van der Waals surface area contributed by atoms with Crippen LogP contribution in [0.15, 0.2) is 46.6 Å². The zero-order valence-electron chi connectivity index (χ0n) is 17.4. The van der Waals surface area contributed by atoms with Crippen LogP contribution in [0, 0.1) is 12.3 Å². The van der Waals surface area contributed by atoms with E-state index in [0.29, 0.717) is 11.9 Å². The average Bonchev–Trinajstić information content (AvgIpc) is 3.16. The third-order valence-electron chi connectivity index (χ3n) is 7.17. The summed E-state index contributed by atoms with van der Waals surface area (Å²) in [5.74, 6) is 0.578. The Balaban J connectivity index is 1.65. The van der Waals surface area contributed by atoms with E-state index in [-0.39, 0.29) is 5.41 Å². The van der Waals surface area contributed by atoms with Crippen molar-refractivity contribution in [1.82, 2.24) is 4.98 Å². The van der Waals surface area contributed by atoms with Crippen molar-refractivity contribution < 1.29 is 4.74 Å². The van der Waals surface area contributed by atoms with Crippen molar-refractivity contribution in [3.05, 3.63) is 53.3 Å². The lowest BCUT2D eigenvalue weighted by atomic mass is 9.65. The number of benzene rings is 1. The van der Waals surface area contributed by atoms with E-state index in [0.717, 1.165) is 54.5 Å². The van der Waals surface area contributed by atoms with Gasteiger partial charge in [-0.05, 0) is 74.8 Å². The number of aryl methyl sites for hydroxylation is 1. The maximum atomic E-state index is 6.29. The second-order valence-electron chi connectivity index (χ2n) is 8.88. The predicted octanol–water partition coefficient (Wildman–Crippen LogP) is 4.17. The van der Waals surface area contributed by atoms with Gasteiger partial charge in [0.2, 0.25) is 0 Å². The van der Waals surface area contributed by atoms with E-state index in [4.69, 9.17) is 20.5 Å². The minimum atomic E-state index is -0.595. The molecule has 0 saturated heterocycles. The molecule has 3 aliphatic rings. The first-order chi connectivity index (χ1) is 14.0. The number of ether oxygens (including phenoxy) is 1. The summed E-state index contributed by atoms with van der Waals surface area (Å²) in [5, 5.41) is 0. The van der Waals surface area contributed by atoms with Crippen LogP contribution in [-0.2, 0) is 16.8 Å². The summed E-state index contributed by atoms with van der Waals surface area (Å²) < 4.78 is 5.65. The Morgan fingerprint density at radius 3 is 2.48 bits per heavy atom. The second kappa shape index (κ2) is 6.49. The van der Waals surface area contributed by atoms with Crippen molar-refractivity contribution in [3.8, 4) is 11.1 Å². The van der Waals surface area contributed by atoms with E-state index in [9.17, 15) is 0 Å². The van der Waals surface area contributed by atoms with Gasteiger partial charge in [0.05, 0.1) is 11.8 Å². The van der Waals surface area contributed by atoms with Crippen LogP contribution in [0.25, 0.3) is 11.1 Å². The lowest BCUT2D eigenvalue weighted by molar-refractivity contribution is -0.000372. The van der Waals surface area contributed by atoms with Crippen molar-refractivity contribution in [3.63, 3.8) is 0 Å². The van der Waals surface area contributed by atoms with Crippen molar-refractivity contribution in [2.45, 2.75) is 57.7 Å². The topological polar surface area (TPSA) is 72.9 Å². The van der Waals surface area contributed by atoms with E-state index in [2.05, 4.69) is 36.2 Å². The molecule has 150 valence electrons. The molecule has 5 rings (SSSR count). The Kier molecular flexibility index (Phi) is 4.14. The minimum absolute atomic E-state index is 0.0176. The van der Waals surface area contributed by atoms with E-state index >= 15 is 0 Å². The van der Waals surface area contributed by atoms with Crippen LogP contribution in [0.5, 0.6) is 0 Å². The number of fused-ring (bicyclic) bond motifs is 3. The molecule has 1 fully saturated rings. The molecule has 1 saturated carbocycles. The van der Waals surface area contributed by atoms with Crippen LogP contribution in [0.4, 0.5) is 0 Å². The number of nitrogens with two attached hydrogens (primary N) is 1. The van der Waals surface area contributed by atoms with Gasteiger partial charge in [-0.1, -0.05) is 12.1 Å². The van der Waals surface area contributed by atoms with Gasteiger partial charge in [-0.15, -0.1) is 0 Å². The Morgan fingerprint density at radius 1 is 1.03 bits per heavy atom. The Bertz CT molecular complexity index is 1010. The second-order valence-corrected chi connectivity index (χ2v) is 8.88. The van der Waals surface area contributed by atoms with Crippen LogP contribution in [0.1, 0.15) is 49.3 Å². The van der Waals surface area contributed by atoms with Gasteiger partial charge >= 0.3 is 0 Å². The lowest BCUT2D eigenvalue weighted by Gasteiger charge is -2.44. The molecule has 1 aromatic carbocycles. The van der Waals surface area contributed by atoms with E-state index in [1.54, 1.807) is 0 Å². The monoisotopic (exact) mass is 388 g/mol. The number of hydrogen-bond acceptors (Lipinski definition) is 5. The number of pyridine rings is 1. The highest BCUT2D eigenvalue weighted by Crippen LogP contribution is 2.62. The largest absolute Gasteiger partial charge is 0.382 e. The first-order valence-corrected chi connectivity index (χ1v) is 10.5.